The lowest BCUT2D eigenvalue weighted by Crippen LogP contribution is -2.46. The normalized spacial score (nSPS) is 24.1. The molecule has 146 valence electrons. The number of hydrogen-bond acceptors (Lipinski definition) is 5. The predicted molar refractivity (Wildman–Crippen MR) is 102 cm³/mol. The van der Waals surface area contributed by atoms with Crippen molar-refractivity contribution >= 4 is 29.2 Å². The first kappa shape index (κ1) is 18.4. The van der Waals surface area contributed by atoms with Crippen LogP contribution in [-0.4, -0.2) is 71.3 Å². The molecule has 3 heterocycles. The molecule has 1 aromatic rings. The number of thiophene rings is 1. The van der Waals surface area contributed by atoms with Gasteiger partial charge in [0.05, 0.1) is 6.54 Å². The van der Waals surface area contributed by atoms with Gasteiger partial charge in [0.2, 0.25) is 11.8 Å². The third-order valence-electron chi connectivity index (χ3n) is 6.23. The van der Waals surface area contributed by atoms with E-state index in [1.807, 2.05) is 10.3 Å². The minimum absolute atomic E-state index is 0.115. The van der Waals surface area contributed by atoms with Gasteiger partial charge in [0.15, 0.2) is 0 Å². The zero-order valence-electron chi connectivity index (χ0n) is 15.6. The standard InChI is InChI=1S/C19H26N4O3S/c1-14(24)23(11-15-2-9-27-13-15)16-10-19(16)3-6-21(7-4-19)12-17(25)22-8-5-20-18(22)26/h2,9,13,16H,3-8,10-12H2,1H3,(H,20,26)/t16-/m0/s1. The van der Waals surface area contributed by atoms with Crippen LogP contribution in [0.2, 0.25) is 0 Å². The molecule has 2 aliphatic heterocycles. The first-order valence-corrected chi connectivity index (χ1v) is 10.5. The highest BCUT2D eigenvalue weighted by atomic mass is 32.1. The highest BCUT2D eigenvalue weighted by Gasteiger charge is 2.58. The van der Waals surface area contributed by atoms with Crippen LogP contribution in [0.4, 0.5) is 4.79 Å². The van der Waals surface area contributed by atoms with Crippen LogP contribution in [0.25, 0.3) is 0 Å². The second-order valence-electron chi connectivity index (χ2n) is 7.91. The summed E-state index contributed by atoms with van der Waals surface area (Å²) in [5, 5.41) is 6.82. The average Bonchev–Trinajstić information content (AvgIpc) is 3.01. The van der Waals surface area contributed by atoms with Crippen LogP contribution in [0.15, 0.2) is 16.8 Å². The molecule has 1 aliphatic carbocycles. The predicted octanol–water partition coefficient (Wildman–Crippen LogP) is 1.50. The number of amides is 4. The number of carbonyl (C=O) groups is 3. The van der Waals surface area contributed by atoms with Crippen molar-refractivity contribution in [3.63, 3.8) is 0 Å². The van der Waals surface area contributed by atoms with E-state index in [0.29, 0.717) is 32.2 Å². The van der Waals surface area contributed by atoms with Gasteiger partial charge in [-0.05, 0) is 60.2 Å². The van der Waals surface area contributed by atoms with Crippen LogP contribution < -0.4 is 5.32 Å². The van der Waals surface area contributed by atoms with Crippen LogP contribution in [-0.2, 0) is 16.1 Å². The minimum Gasteiger partial charge on any atom is -0.336 e. The van der Waals surface area contributed by atoms with Gasteiger partial charge in [0.1, 0.15) is 0 Å². The Bertz CT molecular complexity index is 727. The maximum absolute atomic E-state index is 12.3. The third kappa shape index (κ3) is 3.73. The SMILES string of the molecule is CC(=O)N(Cc1ccsc1)[C@H]1CC12CCN(CC(=O)N1CCNC1=O)CC2. The summed E-state index contributed by atoms with van der Waals surface area (Å²) < 4.78 is 0. The number of likely N-dealkylation sites (tertiary alicyclic amines) is 1. The molecule has 1 atom stereocenters. The van der Waals surface area contributed by atoms with Gasteiger partial charge in [0.25, 0.3) is 0 Å². The Morgan fingerprint density at radius 2 is 2.11 bits per heavy atom. The molecule has 8 heteroatoms. The monoisotopic (exact) mass is 390 g/mol. The van der Waals surface area contributed by atoms with E-state index in [1.54, 1.807) is 18.3 Å². The molecule has 0 unspecified atom stereocenters. The number of nitrogens with zero attached hydrogens (tertiary/aromatic N) is 3. The Hall–Kier alpha value is -1.93. The van der Waals surface area contributed by atoms with Gasteiger partial charge >= 0.3 is 6.03 Å². The van der Waals surface area contributed by atoms with Crippen molar-refractivity contribution in [2.24, 2.45) is 5.41 Å². The Labute approximate surface area is 163 Å². The van der Waals surface area contributed by atoms with Crippen LogP contribution in [0.5, 0.6) is 0 Å². The maximum Gasteiger partial charge on any atom is 0.324 e. The van der Waals surface area contributed by atoms with Gasteiger partial charge in [-0.1, -0.05) is 0 Å². The molecule has 2 saturated heterocycles. The van der Waals surface area contributed by atoms with Crippen molar-refractivity contribution in [3.05, 3.63) is 22.4 Å². The number of carbonyl (C=O) groups excluding carboxylic acids is 3. The highest BCUT2D eigenvalue weighted by Crippen LogP contribution is 2.57. The molecule has 3 fully saturated rings. The third-order valence-corrected chi connectivity index (χ3v) is 6.96. The Morgan fingerprint density at radius 1 is 1.33 bits per heavy atom. The van der Waals surface area contributed by atoms with Gasteiger partial charge in [-0.2, -0.15) is 11.3 Å². The largest absolute Gasteiger partial charge is 0.336 e. The number of nitrogens with one attached hydrogen (secondary N) is 1. The molecular weight excluding hydrogens is 364 g/mol. The molecule has 1 aromatic heterocycles. The molecule has 1 saturated carbocycles. The van der Waals surface area contributed by atoms with E-state index >= 15 is 0 Å². The first-order valence-electron chi connectivity index (χ1n) is 9.57. The van der Waals surface area contributed by atoms with Gasteiger partial charge in [0, 0.05) is 32.6 Å². The van der Waals surface area contributed by atoms with Crippen molar-refractivity contribution in [2.75, 3.05) is 32.7 Å². The summed E-state index contributed by atoms with van der Waals surface area (Å²) >= 11 is 1.66. The number of imide groups is 1. The Morgan fingerprint density at radius 3 is 2.70 bits per heavy atom. The molecule has 0 bridgehead atoms. The first-order chi connectivity index (χ1) is 13.0. The second-order valence-corrected chi connectivity index (χ2v) is 8.69. The molecule has 0 radical (unpaired) electrons. The van der Waals surface area contributed by atoms with E-state index < -0.39 is 0 Å². The molecule has 0 aromatic carbocycles. The fraction of sp³-hybridized carbons (Fsp3) is 0.632. The van der Waals surface area contributed by atoms with Crippen molar-refractivity contribution in [2.45, 2.75) is 38.8 Å². The van der Waals surface area contributed by atoms with Crippen LogP contribution in [0, 0.1) is 5.41 Å². The summed E-state index contributed by atoms with van der Waals surface area (Å²) in [5.74, 6) is 0.0249. The Balaban J connectivity index is 1.30. The number of urea groups is 1. The molecule has 1 N–H and O–H groups in total. The zero-order valence-corrected chi connectivity index (χ0v) is 16.5. The average molecular weight is 391 g/mol. The van der Waals surface area contributed by atoms with Gasteiger partial charge in [-0.25, -0.2) is 4.79 Å². The molecule has 1 spiro atoms. The zero-order chi connectivity index (χ0) is 19.0. The van der Waals surface area contributed by atoms with E-state index in [2.05, 4.69) is 21.7 Å². The molecule has 7 nitrogen and oxygen atoms in total. The van der Waals surface area contributed by atoms with Crippen LogP contribution >= 0.6 is 11.3 Å². The fourth-order valence-electron chi connectivity index (χ4n) is 4.47. The van der Waals surface area contributed by atoms with E-state index in [9.17, 15) is 14.4 Å². The quantitative estimate of drug-likeness (QED) is 0.827. The summed E-state index contributed by atoms with van der Waals surface area (Å²) in [4.78, 5) is 41.6. The summed E-state index contributed by atoms with van der Waals surface area (Å²) in [5.41, 5.74) is 1.41. The van der Waals surface area contributed by atoms with Crippen molar-refractivity contribution < 1.29 is 14.4 Å². The van der Waals surface area contributed by atoms with Crippen LogP contribution in [0.1, 0.15) is 31.7 Å². The highest BCUT2D eigenvalue weighted by molar-refractivity contribution is 7.07. The topological polar surface area (TPSA) is 73.0 Å². The van der Waals surface area contributed by atoms with Crippen molar-refractivity contribution in [1.82, 2.24) is 20.0 Å². The Kier molecular flexibility index (Phi) is 4.94. The summed E-state index contributed by atoms with van der Waals surface area (Å²) in [6, 6.07) is 2.12. The van der Waals surface area contributed by atoms with Gasteiger partial charge in [-0.15, -0.1) is 0 Å². The van der Waals surface area contributed by atoms with Crippen LogP contribution in [0.3, 0.4) is 0 Å². The molecule has 3 aliphatic rings. The van der Waals surface area contributed by atoms with Crippen molar-refractivity contribution in [3.8, 4) is 0 Å². The summed E-state index contributed by atoms with van der Waals surface area (Å²) in [6.07, 6.45) is 3.07. The molecule has 4 amide bonds. The number of rotatable bonds is 5. The van der Waals surface area contributed by atoms with E-state index in [-0.39, 0.29) is 23.3 Å². The van der Waals surface area contributed by atoms with E-state index in [0.717, 1.165) is 32.4 Å². The summed E-state index contributed by atoms with van der Waals surface area (Å²) in [7, 11) is 0. The minimum atomic E-state index is -0.277. The lowest BCUT2D eigenvalue weighted by atomic mass is 9.92. The van der Waals surface area contributed by atoms with Gasteiger partial charge in [-0.3, -0.25) is 19.4 Å². The lowest BCUT2D eigenvalue weighted by molar-refractivity contribution is -0.130. The molecule has 4 rings (SSSR count). The van der Waals surface area contributed by atoms with E-state index in [1.165, 1.54) is 10.5 Å². The smallest absolute Gasteiger partial charge is 0.324 e. The van der Waals surface area contributed by atoms with Gasteiger partial charge < -0.3 is 10.2 Å². The lowest BCUT2D eigenvalue weighted by Gasteiger charge is -2.34. The second kappa shape index (κ2) is 7.24. The fourth-order valence-corrected chi connectivity index (χ4v) is 5.13. The number of piperidine rings is 1. The summed E-state index contributed by atoms with van der Waals surface area (Å²) in [6.45, 7) is 5.36. The number of hydrogen-bond donors (Lipinski definition) is 1. The molecule has 27 heavy (non-hydrogen) atoms. The maximum atomic E-state index is 12.3. The van der Waals surface area contributed by atoms with Crippen molar-refractivity contribution in [1.29, 1.82) is 0 Å². The van der Waals surface area contributed by atoms with E-state index in [4.69, 9.17) is 0 Å². The molecular formula is C19H26N4O3S.